The molecule has 1 aromatic rings. The maximum absolute atomic E-state index is 11.5. The fourth-order valence-corrected chi connectivity index (χ4v) is 1.25. The number of amides is 1. The number of hydrogen-bond acceptors (Lipinski definition) is 2. The maximum atomic E-state index is 11.5. The lowest BCUT2D eigenvalue weighted by Gasteiger charge is -2.17. The molecule has 1 aromatic heterocycles. The van der Waals surface area contributed by atoms with Crippen LogP contribution in [0.2, 0.25) is 0 Å². The third-order valence-corrected chi connectivity index (χ3v) is 1.93. The standard InChI is InChI=1S/C12H18N2O/c1-12(2,3)8-11(15)14-9-10-4-6-13-7-5-10/h4-7H,8-9H2,1-3H3,(H,14,15). The van der Waals surface area contributed by atoms with Crippen molar-refractivity contribution in [1.29, 1.82) is 0 Å². The highest BCUT2D eigenvalue weighted by Crippen LogP contribution is 2.17. The quantitative estimate of drug-likeness (QED) is 0.823. The summed E-state index contributed by atoms with van der Waals surface area (Å²) in [6, 6.07) is 3.80. The van der Waals surface area contributed by atoms with Crippen LogP contribution in [0.15, 0.2) is 24.5 Å². The Bertz CT molecular complexity index is 314. The Morgan fingerprint density at radius 3 is 2.47 bits per heavy atom. The third kappa shape index (κ3) is 5.15. The Hall–Kier alpha value is -1.38. The van der Waals surface area contributed by atoms with Crippen LogP contribution in [0.3, 0.4) is 0 Å². The van der Waals surface area contributed by atoms with Gasteiger partial charge >= 0.3 is 0 Å². The summed E-state index contributed by atoms with van der Waals surface area (Å²) < 4.78 is 0. The van der Waals surface area contributed by atoms with Crippen molar-refractivity contribution in [2.75, 3.05) is 0 Å². The Balaban J connectivity index is 2.35. The molecule has 0 saturated carbocycles. The fraction of sp³-hybridized carbons (Fsp3) is 0.500. The maximum Gasteiger partial charge on any atom is 0.220 e. The number of aromatic nitrogens is 1. The number of nitrogens with one attached hydrogen (secondary N) is 1. The monoisotopic (exact) mass is 206 g/mol. The van der Waals surface area contributed by atoms with E-state index < -0.39 is 0 Å². The van der Waals surface area contributed by atoms with E-state index >= 15 is 0 Å². The van der Waals surface area contributed by atoms with Crippen LogP contribution >= 0.6 is 0 Å². The van der Waals surface area contributed by atoms with Crippen molar-refractivity contribution >= 4 is 5.91 Å². The van der Waals surface area contributed by atoms with Crippen molar-refractivity contribution in [3.63, 3.8) is 0 Å². The van der Waals surface area contributed by atoms with Crippen LogP contribution in [0.1, 0.15) is 32.8 Å². The highest BCUT2D eigenvalue weighted by atomic mass is 16.1. The van der Waals surface area contributed by atoms with Gasteiger partial charge in [-0.05, 0) is 23.1 Å². The van der Waals surface area contributed by atoms with Gasteiger partial charge in [-0.1, -0.05) is 20.8 Å². The van der Waals surface area contributed by atoms with Crippen LogP contribution in [0.25, 0.3) is 0 Å². The summed E-state index contributed by atoms with van der Waals surface area (Å²) in [6.07, 6.45) is 4.01. The lowest BCUT2D eigenvalue weighted by molar-refractivity contribution is -0.122. The van der Waals surface area contributed by atoms with E-state index in [1.165, 1.54) is 0 Å². The summed E-state index contributed by atoms with van der Waals surface area (Å²) in [4.78, 5) is 15.4. The van der Waals surface area contributed by atoms with Crippen LogP contribution in [0.5, 0.6) is 0 Å². The summed E-state index contributed by atoms with van der Waals surface area (Å²) in [7, 11) is 0. The van der Waals surface area contributed by atoms with E-state index in [4.69, 9.17) is 0 Å². The summed E-state index contributed by atoms with van der Waals surface area (Å²) in [5, 5.41) is 2.89. The van der Waals surface area contributed by atoms with Gasteiger partial charge in [-0.15, -0.1) is 0 Å². The van der Waals surface area contributed by atoms with E-state index in [9.17, 15) is 4.79 Å². The summed E-state index contributed by atoms with van der Waals surface area (Å²) in [5.41, 5.74) is 1.12. The topological polar surface area (TPSA) is 42.0 Å². The molecule has 1 amide bonds. The van der Waals surface area contributed by atoms with E-state index in [1.54, 1.807) is 12.4 Å². The van der Waals surface area contributed by atoms with Crippen molar-refractivity contribution < 1.29 is 4.79 Å². The number of rotatable bonds is 3. The smallest absolute Gasteiger partial charge is 0.220 e. The molecule has 0 aliphatic carbocycles. The molecule has 3 heteroatoms. The summed E-state index contributed by atoms with van der Waals surface area (Å²) in [5.74, 6) is 0.0966. The molecule has 0 saturated heterocycles. The number of carbonyl (C=O) groups is 1. The van der Waals surface area contributed by atoms with Gasteiger partial charge in [0.25, 0.3) is 0 Å². The first-order valence-electron chi connectivity index (χ1n) is 5.13. The van der Waals surface area contributed by atoms with Crippen LogP contribution in [-0.4, -0.2) is 10.9 Å². The average Bonchev–Trinajstić information content (AvgIpc) is 2.14. The highest BCUT2D eigenvalue weighted by molar-refractivity contribution is 5.76. The Morgan fingerprint density at radius 2 is 1.93 bits per heavy atom. The van der Waals surface area contributed by atoms with Crippen molar-refractivity contribution in [3.05, 3.63) is 30.1 Å². The molecule has 0 aliphatic rings. The first-order valence-corrected chi connectivity index (χ1v) is 5.13. The lowest BCUT2D eigenvalue weighted by Crippen LogP contribution is -2.27. The molecule has 0 unspecified atom stereocenters. The minimum Gasteiger partial charge on any atom is -0.352 e. The zero-order valence-corrected chi connectivity index (χ0v) is 9.58. The van der Waals surface area contributed by atoms with E-state index in [1.807, 2.05) is 12.1 Å². The van der Waals surface area contributed by atoms with E-state index in [2.05, 4.69) is 31.1 Å². The molecule has 1 rings (SSSR count). The number of carbonyl (C=O) groups excluding carboxylic acids is 1. The second kappa shape index (κ2) is 4.91. The minimum absolute atomic E-state index is 0.0440. The predicted octanol–water partition coefficient (Wildman–Crippen LogP) is 2.13. The zero-order valence-electron chi connectivity index (χ0n) is 9.58. The molecule has 0 aliphatic heterocycles. The van der Waals surface area contributed by atoms with E-state index in [0.717, 1.165) is 5.56 Å². The molecule has 1 N–H and O–H groups in total. The third-order valence-electron chi connectivity index (χ3n) is 1.93. The molecule has 0 fully saturated rings. The van der Waals surface area contributed by atoms with Gasteiger partial charge in [-0.25, -0.2) is 0 Å². The predicted molar refractivity (Wildman–Crippen MR) is 60.2 cm³/mol. The molecule has 1 heterocycles. The lowest BCUT2D eigenvalue weighted by atomic mass is 9.92. The van der Waals surface area contributed by atoms with E-state index in [-0.39, 0.29) is 11.3 Å². The molecular formula is C12H18N2O. The first-order chi connectivity index (χ1) is 6.97. The number of nitrogens with zero attached hydrogens (tertiary/aromatic N) is 1. The molecule has 0 aromatic carbocycles. The van der Waals surface area contributed by atoms with Crippen molar-refractivity contribution in [3.8, 4) is 0 Å². The fourth-order valence-electron chi connectivity index (χ4n) is 1.25. The van der Waals surface area contributed by atoms with Crippen LogP contribution in [0.4, 0.5) is 0 Å². The number of pyridine rings is 1. The second-order valence-corrected chi connectivity index (χ2v) is 4.87. The van der Waals surface area contributed by atoms with Gasteiger partial charge in [0.15, 0.2) is 0 Å². The van der Waals surface area contributed by atoms with Gasteiger partial charge in [0, 0.05) is 25.4 Å². The van der Waals surface area contributed by atoms with Gasteiger partial charge in [0.2, 0.25) is 5.91 Å². The minimum atomic E-state index is 0.0440. The van der Waals surface area contributed by atoms with Crippen LogP contribution < -0.4 is 5.32 Å². The Kier molecular flexibility index (Phi) is 3.83. The largest absolute Gasteiger partial charge is 0.352 e. The molecule has 0 bridgehead atoms. The molecule has 3 nitrogen and oxygen atoms in total. The normalized spacial score (nSPS) is 11.1. The number of hydrogen-bond donors (Lipinski definition) is 1. The van der Waals surface area contributed by atoms with Crippen LogP contribution in [0, 0.1) is 5.41 Å². The van der Waals surface area contributed by atoms with Crippen molar-refractivity contribution in [2.45, 2.75) is 33.7 Å². The first kappa shape index (κ1) is 11.7. The van der Waals surface area contributed by atoms with E-state index in [0.29, 0.717) is 13.0 Å². The summed E-state index contributed by atoms with van der Waals surface area (Å²) in [6.45, 7) is 6.74. The molecule has 82 valence electrons. The zero-order chi connectivity index (χ0) is 11.3. The van der Waals surface area contributed by atoms with Crippen molar-refractivity contribution in [2.24, 2.45) is 5.41 Å². The van der Waals surface area contributed by atoms with Crippen LogP contribution in [-0.2, 0) is 11.3 Å². The SMILES string of the molecule is CC(C)(C)CC(=O)NCc1ccncc1. The van der Waals surface area contributed by atoms with Gasteiger partial charge in [0.1, 0.15) is 0 Å². The highest BCUT2D eigenvalue weighted by Gasteiger charge is 2.15. The van der Waals surface area contributed by atoms with Crippen molar-refractivity contribution in [1.82, 2.24) is 10.3 Å². The Morgan fingerprint density at radius 1 is 1.33 bits per heavy atom. The second-order valence-electron chi connectivity index (χ2n) is 4.87. The molecule has 15 heavy (non-hydrogen) atoms. The molecule has 0 spiro atoms. The molecule has 0 atom stereocenters. The van der Waals surface area contributed by atoms with Gasteiger partial charge in [-0.3, -0.25) is 9.78 Å². The molecular weight excluding hydrogens is 188 g/mol. The molecule has 0 radical (unpaired) electrons. The van der Waals surface area contributed by atoms with Gasteiger partial charge in [-0.2, -0.15) is 0 Å². The van der Waals surface area contributed by atoms with Gasteiger partial charge in [0.05, 0.1) is 0 Å². The van der Waals surface area contributed by atoms with Gasteiger partial charge < -0.3 is 5.32 Å². The Labute approximate surface area is 90.9 Å². The summed E-state index contributed by atoms with van der Waals surface area (Å²) >= 11 is 0. The average molecular weight is 206 g/mol.